The average Bonchev–Trinajstić information content (AvgIpc) is 1.44. The van der Waals surface area contributed by atoms with Crippen LogP contribution in [0.15, 0.2) is 36.5 Å². The topological polar surface area (TPSA) is 228 Å². The van der Waals surface area contributed by atoms with Gasteiger partial charge in [0.2, 0.25) is 5.91 Å². The van der Waals surface area contributed by atoms with Gasteiger partial charge in [0.1, 0.15) is 48.8 Å². The number of nitrogens with one attached hydrogen (secondary N) is 1. The number of allylic oxidation sites excluding steroid dienone is 5. The van der Waals surface area contributed by atoms with Crippen LogP contribution in [0.5, 0.6) is 0 Å². The average molecular weight is 1240 g/mol. The summed E-state index contributed by atoms with van der Waals surface area (Å²) in [4.78, 5) is 13.3. The minimum atomic E-state index is -1.79. The van der Waals surface area contributed by atoms with Crippen molar-refractivity contribution in [2.24, 2.45) is 0 Å². The predicted molar refractivity (Wildman–Crippen MR) is 355 cm³/mol. The first-order valence-corrected chi connectivity index (χ1v) is 36.7. The fraction of sp³-hybridized carbons (Fsp3) is 0.904. The molecule has 2 rings (SSSR count). The van der Waals surface area contributed by atoms with Crippen molar-refractivity contribution in [3.63, 3.8) is 0 Å². The zero-order valence-electron chi connectivity index (χ0n) is 55.8. The Kier molecular flexibility index (Phi) is 54.3. The molecule has 12 unspecified atom stereocenters. The van der Waals surface area contributed by atoms with Crippen LogP contribution in [0.2, 0.25) is 0 Å². The molecule has 2 aliphatic rings. The lowest BCUT2D eigenvalue weighted by molar-refractivity contribution is -0.359. The predicted octanol–water partition coefficient (Wildman–Crippen LogP) is 15.3. The number of rotatable bonds is 61. The van der Waals surface area contributed by atoms with E-state index in [-0.39, 0.29) is 18.9 Å². The molecular formula is C73H137NO13. The summed E-state index contributed by atoms with van der Waals surface area (Å²) in [5.74, 6) is -0.247. The molecule has 14 heteroatoms. The lowest BCUT2D eigenvalue weighted by Crippen LogP contribution is -2.65. The maximum absolute atomic E-state index is 13.3. The molecule has 87 heavy (non-hydrogen) atoms. The minimum absolute atomic E-state index is 0.247. The molecule has 2 heterocycles. The van der Waals surface area contributed by atoms with Crippen molar-refractivity contribution >= 4 is 5.91 Å². The van der Waals surface area contributed by atoms with E-state index in [0.717, 1.165) is 44.9 Å². The third-order valence-corrected chi connectivity index (χ3v) is 18.1. The number of hydrogen-bond donors (Lipinski definition) is 9. The van der Waals surface area contributed by atoms with Crippen molar-refractivity contribution in [1.82, 2.24) is 5.32 Å². The van der Waals surface area contributed by atoms with Crippen LogP contribution in [0.1, 0.15) is 328 Å². The van der Waals surface area contributed by atoms with Gasteiger partial charge in [0.05, 0.1) is 32.0 Å². The molecule has 2 fully saturated rings. The summed E-state index contributed by atoms with van der Waals surface area (Å²) in [6.07, 6.45) is 58.0. The number of carbonyl (C=O) groups is 1. The summed E-state index contributed by atoms with van der Waals surface area (Å²) in [6, 6.07) is -0.937. The van der Waals surface area contributed by atoms with Crippen molar-refractivity contribution in [2.75, 3.05) is 19.8 Å². The first kappa shape index (κ1) is 81.3. The Morgan fingerprint density at radius 2 is 0.736 bits per heavy atom. The number of aliphatic hydroxyl groups excluding tert-OH is 8. The second-order valence-electron chi connectivity index (χ2n) is 26.1. The molecule has 12 atom stereocenters. The van der Waals surface area contributed by atoms with Crippen molar-refractivity contribution in [1.29, 1.82) is 0 Å². The van der Waals surface area contributed by atoms with E-state index >= 15 is 0 Å². The quantitative estimate of drug-likeness (QED) is 0.0204. The Morgan fingerprint density at radius 3 is 1.13 bits per heavy atom. The summed E-state index contributed by atoms with van der Waals surface area (Å²) in [6.45, 7) is 2.81. The van der Waals surface area contributed by atoms with Gasteiger partial charge in [0.15, 0.2) is 12.6 Å². The summed E-state index contributed by atoms with van der Waals surface area (Å²) >= 11 is 0. The standard InChI is InChI=1S/C73H137NO13/c1-3-5-7-9-11-13-15-17-19-21-23-24-25-26-27-28-29-30-31-32-33-34-35-36-37-38-39-41-43-45-47-49-51-53-55-57-65(78)74-61(62(77)56-54-52-50-48-46-44-42-40-22-20-18-16-14-12-10-8-6-4-2)60-84-72-70(83)68(81)71(64(59-76)86-72)87-73-69(82)67(80)66(79)63(58-75)85-73/h22,40,46,48,54,56,61-64,66-73,75-77,79-83H,3-21,23-39,41-45,47,49-53,55,57-60H2,1-2H3,(H,74,78)/b40-22+,48-46+,56-54+. The van der Waals surface area contributed by atoms with E-state index in [2.05, 4.69) is 43.5 Å². The van der Waals surface area contributed by atoms with Crippen LogP contribution in [-0.4, -0.2) is 140 Å². The van der Waals surface area contributed by atoms with Gasteiger partial charge in [0.25, 0.3) is 0 Å². The molecule has 0 saturated carbocycles. The van der Waals surface area contributed by atoms with Gasteiger partial charge in [-0.25, -0.2) is 0 Å². The number of ether oxygens (including phenoxy) is 4. The molecule has 2 aliphatic heterocycles. The monoisotopic (exact) mass is 1240 g/mol. The summed E-state index contributed by atoms with van der Waals surface area (Å²) in [5.41, 5.74) is 0. The van der Waals surface area contributed by atoms with Crippen LogP contribution in [0.4, 0.5) is 0 Å². The van der Waals surface area contributed by atoms with Gasteiger partial charge >= 0.3 is 0 Å². The van der Waals surface area contributed by atoms with E-state index < -0.39 is 86.8 Å². The Balaban J connectivity index is 1.61. The SMILES string of the molecule is CCCCCCCCCC/C=C/CC/C=C/CC/C=C/C(O)C(COC1OC(CO)C(OC2OC(CO)C(O)C(O)C2O)C(O)C1O)NC(=O)CCCCCCCCCCCCCCCCCCCCCCCCCCCCCCCCCCCCC. The molecule has 2 saturated heterocycles. The molecule has 512 valence electrons. The van der Waals surface area contributed by atoms with Crippen LogP contribution in [0.3, 0.4) is 0 Å². The van der Waals surface area contributed by atoms with Crippen molar-refractivity contribution in [3.05, 3.63) is 36.5 Å². The van der Waals surface area contributed by atoms with E-state index in [4.69, 9.17) is 18.9 Å². The number of aliphatic hydroxyl groups is 8. The number of amides is 1. The third-order valence-electron chi connectivity index (χ3n) is 18.1. The van der Waals surface area contributed by atoms with Gasteiger partial charge in [-0.2, -0.15) is 0 Å². The highest BCUT2D eigenvalue weighted by molar-refractivity contribution is 5.76. The molecular weight excluding hydrogens is 1100 g/mol. The van der Waals surface area contributed by atoms with Gasteiger partial charge in [-0.1, -0.05) is 314 Å². The molecule has 0 aliphatic carbocycles. The van der Waals surface area contributed by atoms with Crippen LogP contribution in [0, 0.1) is 0 Å². The van der Waals surface area contributed by atoms with Gasteiger partial charge in [0, 0.05) is 6.42 Å². The van der Waals surface area contributed by atoms with Gasteiger partial charge < -0.3 is 65.1 Å². The first-order chi connectivity index (χ1) is 42.6. The summed E-state index contributed by atoms with van der Waals surface area (Å²) in [5, 5.41) is 87.3. The van der Waals surface area contributed by atoms with Crippen LogP contribution in [0.25, 0.3) is 0 Å². The number of hydrogen-bond acceptors (Lipinski definition) is 13. The molecule has 0 aromatic rings. The highest BCUT2D eigenvalue weighted by atomic mass is 16.7. The first-order valence-electron chi connectivity index (χ1n) is 36.7. The second-order valence-corrected chi connectivity index (χ2v) is 26.1. The molecule has 9 N–H and O–H groups in total. The summed E-state index contributed by atoms with van der Waals surface area (Å²) < 4.78 is 22.8. The molecule has 0 aromatic heterocycles. The number of unbranched alkanes of at least 4 members (excludes halogenated alkanes) is 44. The van der Waals surface area contributed by atoms with Crippen molar-refractivity contribution in [3.8, 4) is 0 Å². The molecule has 0 bridgehead atoms. The molecule has 0 radical (unpaired) electrons. The largest absolute Gasteiger partial charge is 0.394 e. The van der Waals surface area contributed by atoms with Gasteiger partial charge in [-0.3, -0.25) is 4.79 Å². The van der Waals surface area contributed by atoms with E-state index in [1.807, 2.05) is 6.08 Å². The van der Waals surface area contributed by atoms with E-state index in [0.29, 0.717) is 12.8 Å². The Morgan fingerprint density at radius 1 is 0.402 bits per heavy atom. The second kappa shape index (κ2) is 58.1. The zero-order chi connectivity index (χ0) is 63.1. The van der Waals surface area contributed by atoms with Gasteiger partial charge in [-0.05, 0) is 44.9 Å². The fourth-order valence-electron chi connectivity index (χ4n) is 12.2. The molecule has 0 spiro atoms. The van der Waals surface area contributed by atoms with Crippen LogP contribution in [-0.2, 0) is 23.7 Å². The highest BCUT2D eigenvalue weighted by Crippen LogP contribution is 2.30. The Bertz CT molecular complexity index is 1600. The highest BCUT2D eigenvalue weighted by Gasteiger charge is 2.51. The normalized spacial score (nSPS) is 23.4. The lowest BCUT2D eigenvalue weighted by atomic mass is 9.97. The van der Waals surface area contributed by atoms with Crippen LogP contribution >= 0.6 is 0 Å². The minimum Gasteiger partial charge on any atom is -0.394 e. The third kappa shape index (κ3) is 42.1. The molecule has 14 nitrogen and oxygen atoms in total. The Hall–Kier alpha value is -1.79. The Labute approximate surface area is 531 Å². The maximum atomic E-state index is 13.3. The summed E-state index contributed by atoms with van der Waals surface area (Å²) in [7, 11) is 0. The van der Waals surface area contributed by atoms with E-state index in [9.17, 15) is 45.6 Å². The van der Waals surface area contributed by atoms with Crippen molar-refractivity contribution in [2.45, 2.75) is 402 Å². The smallest absolute Gasteiger partial charge is 0.220 e. The van der Waals surface area contributed by atoms with E-state index in [1.165, 1.54) is 250 Å². The molecule has 0 aromatic carbocycles. The van der Waals surface area contributed by atoms with Gasteiger partial charge in [-0.15, -0.1) is 0 Å². The lowest BCUT2D eigenvalue weighted by Gasteiger charge is -2.46. The van der Waals surface area contributed by atoms with Crippen LogP contribution < -0.4 is 5.32 Å². The number of carbonyl (C=O) groups excluding carboxylic acids is 1. The zero-order valence-corrected chi connectivity index (χ0v) is 55.8. The maximum Gasteiger partial charge on any atom is 0.220 e. The fourth-order valence-corrected chi connectivity index (χ4v) is 12.2. The van der Waals surface area contributed by atoms with E-state index in [1.54, 1.807) is 6.08 Å². The molecule has 1 amide bonds. The van der Waals surface area contributed by atoms with Crippen molar-refractivity contribution < 1.29 is 64.6 Å².